The van der Waals surface area contributed by atoms with Gasteiger partial charge in [0, 0.05) is 40.5 Å². The fourth-order valence-electron chi connectivity index (χ4n) is 4.35. The Labute approximate surface area is 148 Å². The van der Waals surface area contributed by atoms with Crippen LogP contribution in [0.1, 0.15) is 43.4 Å². The largest absolute Gasteiger partial charge is 0.390 e. The predicted octanol–water partition coefficient (Wildman–Crippen LogP) is 4.44. The molecule has 0 bridgehead atoms. The summed E-state index contributed by atoms with van der Waals surface area (Å²) >= 11 is 0. The number of rotatable bonds is 1. The van der Waals surface area contributed by atoms with Crippen molar-refractivity contribution in [2.75, 3.05) is 17.2 Å². The number of para-hydroxylation sites is 1. The normalized spacial score (nSPS) is 23.4. The summed E-state index contributed by atoms with van der Waals surface area (Å²) in [6.45, 7) is 8.72. The van der Waals surface area contributed by atoms with Gasteiger partial charge in [-0.3, -0.25) is 0 Å². The molecule has 0 aromatic heterocycles. The highest BCUT2D eigenvalue weighted by Gasteiger charge is 2.41. The SMILES string of the molecule is Cc1cc(-c2cccc3c2NCC3)c(F)c2c1NC(C)(C)[C@H](O)[C@H]2C. The van der Waals surface area contributed by atoms with Crippen LogP contribution in [0, 0.1) is 12.7 Å². The number of hydrogen-bond acceptors (Lipinski definition) is 3. The molecule has 3 nitrogen and oxygen atoms in total. The van der Waals surface area contributed by atoms with Crippen LogP contribution >= 0.6 is 0 Å². The maximum absolute atomic E-state index is 15.6. The first kappa shape index (κ1) is 16.4. The van der Waals surface area contributed by atoms with Gasteiger partial charge in [0.1, 0.15) is 5.82 Å². The highest BCUT2D eigenvalue weighted by atomic mass is 19.1. The number of anilines is 2. The van der Waals surface area contributed by atoms with E-state index in [0.29, 0.717) is 11.1 Å². The Balaban J connectivity index is 1.94. The third-order valence-corrected chi connectivity index (χ3v) is 5.75. The van der Waals surface area contributed by atoms with Gasteiger partial charge in [-0.25, -0.2) is 4.39 Å². The highest BCUT2D eigenvalue weighted by molar-refractivity contribution is 5.84. The van der Waals surface area contributed by atoms with E-state index < -0.39 is 11.6 Å². The van der Waals surface area contributed by atoms with Crippen molar-refractivity contribution >= 4 is 11.4 Å². The van der Waals surface area contributed by atoms with E-state index >= 15 is 4.39 Å². The lowest BCUT2D eigenvalue weighted by Crippen LogP contribution is -2.50. The summed E-state index contributed by atoms with van der Waals surface area (Å²) in [5, 5.41) is 17.4. The number of aliphatic hydroxyl groups excluding tert-OH is 1. The summed E-state index contributed by atoms with van der Waals surface area (Å²) < 4.78 is 15.6. The van der Waals surface area contributed by atoms with Crippen LogP contribution in [0.2, 0.25) is 0 Å². The number of aryl methyl sites for hydroxylation is 1. The van der Waals surface area contributed by atoms with E-state index in [2.05, 4.69) is 16.7 Å². The average molecular weight is 340 g/mol. The fourth-order valence-corrected chi connectivity index (χ4v) is 4.35. The molecule has 0 saturated carbocycles. The van der Waals surface area contributed by atoms with Crippen molar-refractivity contribution in [3.63, 3.8) is 0 Å². The summed E-state index contributed by atoms with van der Waals surface area (Å²) in [6, 6.07) is 7.99. The molecule has 2 heterocycles. The van der Waals surface area contributed by atoms with Crippen molar-refractivity contribution < 1.29 is 9.50 Å². The lowest BCUT2D eigenvalue weighted by atomic mass is 9.77. The molecule has 2 atom stereocenters. The van der Waals surface area contributed by atoms with E-state index in [4.69, 9.17) is 0 Å². The Morgan fingerprint density at radius 3 is 2.72 bits per heavy atom. The first-order chi connectivity index (χ1) is 11.8. The van der Waals surface area contributed by atoms with Crippen molar-refractivity contribution in [2.24, 2.45) is 0 Å². The lowest BCUT2D eigenvalue weighted by molar-refractivity contribution is 0.0855. The quantitative estimate of drug-likeness (QED) is 0.719. The van der Waals surface area contributed by atoms with E-state index in [1.807, 2.05) is 45.9 Å². The van der Waals surface area contributed by atoms with Gasteiger partial charge in [-0.2, -0.15) is 0 Å². The molecule has 0 saturated heterocycles. The molecule has 2 aromatic rings. The molecular formula is C21H25FN2O. The number of nitrogens with one attached hydrogen (secondary N) is 2. The second-order valence-corrected chi connectivity index (χ2v) is 7.94. The first-order valence-corrected chi connectivity index (χ1v) is 8.96. The van der Waals surface area contributed by atoms with Crippen molar-refractivity contribution in [1.29, 1.82) is 0 Å². The molecule has 4 rings (SSSR count). The zero-order valence-electron chi connectivity index (χ0n) is 15.2. The third kappa shape index (κ3) is 2.35. The van der Waals surface area contributed by atoms with Crippen LogP contribution in [-0.4, -0.2) is 23.3 Å². The molecule has 132 valence electrons. The second kappa shape index (κ2) is 5.46. The first-order valence-electron chi connectivity index (χ1n) is 8.96. The van der Waals surface area contributed by atoms with Gasteiger partial charge in [0.15, 0.2) is 0 Å². The van der Waals surface area contributed by atoms with Gasteiger partial charge < -0.3 is 15.7 Å². The number of aliphatic hydroxyl groups is 1. The predicted molar refractivity (Wildman–Crippen MR) is 101 cm³/mol. The van der Waals surface area contributed by atoms with E-state index in [1.54, 1.807) is 0 Å². The molecule has 25 heavy (non-hydrogen) atoms. The summed E-state index contributed by atoms with van der Waals surface area (Å²) in [4.78, 5) is 0. The van der Waals surface area contributed by atoms with Gasteiger partial charge in [-0.05, 0) is 44.4 Å². The molecule has 2 aromatic carbocycles. The van der Waals surface area contributed by atoms with Gasteiger partial charge in [0.25, 0.3) is 0 Å². The summed E-state index contributed by atoms with van der Waals surface area (Å²) in [6.07, 6.45) is 0.323. The zero-order valence-corrected chi connectivity index (χ0v) is 15.2. The Bertz CT molecular complexity index is 859. The summed E-state index contributed by atoms with van der Waals surface area (Å²) in [5.74, 6) is -0.494. The van der Waals surface area contributed by atoms with Crippen LogP contribution in [0.5, 0.6) is 0 Å². The number of halogens is 1. The van der Waals surface area contributed by atoms with E-state index in [0.717, 1.165) is 35.5 Å². The molecule has 4 heteroatoms. The van der Waals surface area contributed by atoms with Gasteiger partial charge >= 0.3 is 0 Å². The Morgan fingerprint density at radius 1 is 1.20 bits per heavy atom. The van der Waals surface area contributed by atoms with Gasteiger partial charge in [-0.15, -0.1) is 0 Å². The number of hydrogen-bond donors (Lipinski definition) is 3. The molecule has 0 aliphatic carbocycles. The molecule has 0 radical (unpaired) electrons. The maximum Gasteiger partial charge on any atom is 0.136 e. The zero-order chi connectivity index (χ0) is 17.9. The minimum absolute atomic E-state index is 0.225. The van der Waals surface area contributed by atoms with Gasteiger partial charge in [-0.1, -0.05) is 25.1 Å². The molecule has 0 fully saturated rings. The van der Waals surface area contributed by atoms with E-state index in [-0.39, 0.29) is 11.7 Å². The maximum atomic E-state index is 15.6. The molecule has 0 unspecified atom stereocenters. The van der Waals surface area contributed by atoms with Crippen molar-refractivity contribution in [3.8, 4) is 11.1 Å². The molecule has 0 spiro atoms. The third-order valence-electron chi connectivity index (χ3n) is 5.75. The van der Waals surface area contributed by atoms with Crippen LogP contribution in [0.4, 0.5) is 15.8 Å². The fraction of sp³-hybridized carbons (Fsp3) is 0.429. The topological polar surface area (TPSA) is 44.3 Å². The smallest absolute Gasteiger partial charge is 0.136 e. The van der Waals surface area contributed by atoms with E-state index in [1.165, 1.54) is 5.56 Å². The highest BCUT2D eigenvalue weighted by Crippen LogP contribution is 2.46. The lowest BCUT2D eigenvalue weighted by Gasteiger charge is -2.43. The number of fused-ring (bicyclic) bond motifs is 2. The molecule has 3 N–H and O–H groups in total. The molecule has 0 amide bonds. The standard InChI is InChI=1S/C21H25FN2O/c1-11-10-15(14-7-5-6-13-8-9-23-19(13)14)17(22)16-12(2)20(25)21(3,4)24-18(11)16/h5-7,10,12,20,23-25H,8-9H2,1-4H3/t12-,20+/m0/s1. The average Bonchev–Trinajstić information content (AvgIpc) is 3.04. The molecule has 2 aliphatic heterocycles. The van der Waals surface area contributed by atoms with Gasteiger partial charge in [0.2, 0.25) is 0 Å². The second-order valence-electron chi connectivity index (χ2n) is 7.94. The Kier molecular flexibility index (Phi) is 3.58. The van der Waals surface area contributed by atoms with Crippen molar-refractivity contribution in [2.45, 2.75) is 51.7 Å². The monoisotopic (exact) mass is 340 g/mol. The van der Waals surface area contributed by atoms with Crippen molar-refractivity contribution in [1.82, 2.24) is 0 Å². The van der Waals surface area contributed by atoms with Crippen LogP contribution in [0.15, 0.2) is 24.3 Å². The Morgan fingerprint density at radius 2 is 1.96 bits per heavy atom. The van der Waals surface area contributed by atoms with Crippen LogP contribution in [-0.2, 0) is 6.42 Å². The minimum atomic E-state index is -0.649. The molecular weight excluding hydrogens is 315 g/mol. The minimum Gasteiger partial charge on any atom is -0.390 e. The van der Waals surface area contributed by atoms with Crippen LogP contribution in [0.3, 0.4) is 0 Å². The van der Waals surface area contributed by atoms with Gasteiger partial charge in [0.05, 0.1) is 11.6 Å². The van der Waals surface area contributed by atoms with E-state index in [9.17, 15) is 5.11 Å². The van der Waals surface area contributed by atoms with Crippen molar-refractivity contribution in [3.05, 3.63) is 46.8 Å². The summed E-state index contributed by atoms with van der Waals surface area (Å²) in [5.41, 5.74) is 5.74. The number of benzene rings is 2. The summed E-state index contributed by atoms with van der Waals surface area (Å²) in [7, 11) is 0. The Hall–Kier alpha value is -2.07. The van der Waals surface area contributed by atoms with Crippen LogP contribution < -0.4 is 10.6 Å². The molecule has 2 aliphatic rings. The van der Waals surface area contributed by atoms with Crippen LogP contribution in [0.25, 0.3) is 11.1 Å².